The van der Waals surface area contributed by atoms with E-state index in [1.54, 1.807) is 16.7 Å². The van der Waals surface area contributed by atoms with Crippen molar-refractivity contribution in [3.05, 3.63) is 24.3 Å². The molecule has 0 radical (unpaired) electrons. The van der Waals surface area contributed by atoms with Crippen molar-refractivity contribution in [2.24, 2.45) is 0 Å². The second-order valence-corrected chi connectivity index (χ2v) is 7.57. The summed E-state index contributed by atoms with van der Waals surface area (Å²) in [6.45, 7) is 0.470. The predicted molar refractivity (Wildman–Crippen MR) is 104 cm³/mol. The van der Waals surface area contributed by atoms with Crippen LogP contribution in [-0.2, 0) is 9.59 Å². The lowest BCUT2D eigenvalue weighted by atomic mass is 9.94. The minimum absolute atomic E-state index is 0.0895. The van der Waals surface area contributed by atoms with Gasteiger partial charge in [0.1, 0.15) is 0 Å². The monoisotopic (exact) mass is 363 g/mol. The van der Waals surface area contributed by atoms with Crippen LogP contribution in [0.15, 0.2) is 29.2 Å². The molecule has 0 aromatic heterocycles. The molecule has 6 heteroatoms. The van der Waals surface area contributed by atoms with Gasteiger partial charge >= 0.3 is 0 Å². The van der Waals surface area contributed by atoms with Gasteiger partial charge in [-0.1, -0.05) is 31.4 Å². The highest BCUT2D eigenvalue weighted by Gasteiger charge is 2.23. The number of carbonyl (C=O) groups excluding carboxylic acids is 2. The molecule has 2 amide bonds. The molecular weight excluding hydrogens is 334 g/mol. The fraction of sp³-hybridized carbons (Fsp3) is 0.579. The van der Waals surface area contributed by atoms with Crippen molar-refractivity contribution >= 4 is 29.3 Å². The average Bonchev–Trinajstić information content (AvgIpc) is 2.62. The number of benzene rings is 1. The molecule has 5 nitrogen and oxygen atoms in total. The van der Waals surface area contributed by atoms with E-state index in [0.29, 0.717) is 6.04 Å². The number of carbonyl (C=O) groups is 2. The number of nitrogens with one attached hydrogen (secondary N) is 1. The van der Waals surface area contributed by atoms with Gasteiger partial charge < -0.3 is 10.2 Å². The SMILES string of the molecule is CSc1ccccc1NC(=O)CN(C)CC(=O)N(C)C1CCCCC1. The molecule has 1 aliphatic rings. The lowest BCUT2D eigenvalue weighted by Crippen LogP contribution is -2.44. The maximum atomic E-state index is 12.4. The molecule has 0 unspecified atom stereocenters. The molecular formula is C19H29N3O2S. The first-order valence-electron chi connectivity index (χ1n) is 8.88. The molecule has 0 saturated heterocycles. The van der Waals surface area contributed by atoms with Gasteiger partial charge in [0.15, 0.2) is 0 Å². The summed E-state index contributed by atoms with van der Waals surface area (Å²) in [6, 6.07) is 8.09. The number of hydrogen-bond acceptors (Lipinski definition) is 4. The summed E-state index contributed by atoms with van der Waals surface area (Å²) < 4.78 is 0. The Labute approximate surface area is 155 Å². The molecule has 1 aromatic carbocycles. The van der Waals surface area contributed by atoms with Gasteiger partial charge in [0.25, 0.3) is 0 Å². The van der Waals surface area contributed by atoms with Gasteiger partial charge in [-0.3, -0.25) is 14.5 Å². The van der Waals surface area contributed by atoms with Crippen LogP contribution in [0.3, 0.4) is 0 Å². The number of amides is 2. The summed E-state index contributed by atoms with van der Waals surface area (Å²) in [6.07, 6.45) is 7.85. The Morgan fingerprint density at radius 2 is 1.80 bits per heavy atom. The Kier molecular flexibility index (Phi) is 7.78. The van der Waals surface area contributed by atoms with Crippen molar-refractivity contribution in [3.63, 3.8) is 0 Å². The largest absolute Gasteiger partial charge is 0.342 e. The lowest BCUT2D eigenvalue weighted by molar-refractivity contribution is -0.133. The van der Waals surface area contributed by atoms with Gasteiger partial charge in [-0.25, -0.2) is 0 Å². The van der Waals surface area contributed by atoms with Crippen LogP contribution in [0.4, 0.5) is 5.69 Å². The first kappa shape index (κ1) is 19.8. The highest BCUT2D eigenvalue weighted by molar-refractivity contribution is 7.98. The van der Waals surface area contributed by atoms with Gasteiger partial charge in [-0.15, -0.1) is 11.8 Å². The molecule has 0 aliphatic heterocycles. The Morgan fingerprint density at radius 1 is 1.12 bits per heavy atom. The van der Waals surface area contributed by atoms with Crippen LogP contribution in [0, 0.1) is 0 Å². The van der Waals surface area contributed by atoms with E-state index in [1.807, 2.05) is 49.5 Å². The standard InChI is InChI=1S/C19H29N3O2S/c1-21(14-19(24)22(2)15-9-5-4-6-10-15)13-18(23)20-16-11-7-8-12-17(16)25-3/h7-8,11-12,15H,4-6,9-10,13-14H2,1-3H3,(H,20,23). The van der Waals surface area contributed by atoms with E-state index in [-0.39, 0.29) is 24.9 Å². The molecule has 0 bridgehead atoms. The summed E-state index contributed by atoms with van der Waals surface area (Å²) >= 11 is 1.60. The van der Waals surface area contributed by atoms with Crippen molar-refractivity contribution in [2.75, 3.05) is 38.8 Å². The Bertz CT molecular complexity index is 588. The van der Waals surface area contributed by atoms with E-state index < -0.39 is 0 Å². The van der Waals surface area contributed by atoms with Crippen LogP contribution in [0.1, 0.15) is 32.1 Å². The molecule has 138 valence electrons. The normalized spacial score (nSPS) is 15.2. The van der Waals surface area contributed by atoms with E-state index in [0.717, 1.165) is 23.4 Å². The van der Waals surface area contributed by atoms with Gasteiger partial charge in [0.2, 0.25) is 11.8 Å². The average molecular weight is 364 g/mol. The zero-order valence-corrected chi connectivity index (χ0v) is 16.3. The van der Waals surface area contributed by atoms with Crippen LogP contribution >= 0.6 is 11.8 Å². The quantitative estimate of drug-likeness (QED) is 0.757. The van der Waals surface area contributed by atoms with E-state index in [2.05, 4.69) is 5.32 Å². The fourth-order valence-corrected chi connectivity index (χ4v) is 3.81. The Morgan fingerprint density at radius 3 is 2.48 bits per heavy atom. The fourth-order valence-electron chi connectivity index (χ4n) is 3.25. The molecule has 25 heavy (non-hydrogen) atoms. The lowest BCUT2D eigenvalue weighted by Gasteiger charge is -2.32. The van der Waals surface area contributed by atoms with Gasteiger partial charge in [0.05, 0.1) is 18.8 Å². The maximum absolute atomic E-state index is 12.4. The van der Waals surface area contributed by atoms with Crippen LogP contribution in [0.25, 0.3) is 0 Å². The molecule has 1 N–H and O–H groups in total. The van der Waals surface area contributed by atoms with Crippen molar-refractivity contribution < 1.29 is 9.59 Å². The zero-order chi connectivity index (χ0) is 18.2. The highest BCUT2D eigenvalue weighted by atomic mass is 32.2. The third kappa shape index (κ3) is 6.04. The number of para-hydroxylation sites is 1. The van der Waals surface area contributed by atoms with Crippen molar-refractivity contribution in [3.8, 4) is 0 Å². The molecule has 0 heterocycles. The smallest absolute Gasteiger partial charge is 0.238 e. The summed E-state index contributed by atoms with van der Waals surface area (Å²) in [4.78, 5) is 29.4. The number of nitrogens with zero attached hydrogens (tertiary/aromatic N) is 2. The Balaban J connectivity index is 1.81. The van der Waals surface area contributed by atoms with Crippen LogP contribution < -0.4 is 5.32 Å². The molecule has 1 aromatic rings. The Hall–Kier alpha value is -1.53. The van der Waals surface area contributed by atoms with Crippen molar-refractivity contribution in [2.45, 2.75) is 43.0 Å². The van der Waals surface area contributed by atoms with E-state index in [9.17, 15) is 9.59 Å². The number of rotatable bonds is 7. The van der Waals surface area contributed by atoms with Crippen LogP contribution in [-0.4, -0.2) is 61.1 Å². The molecule has 1 fully saturated rings. The van der Waals surface area contributed by atoms with E-state index in [1.165, 1.54) is 19.3 Å². The molecule has 1 aliphatic carbocycles. The van der Waals surface area contributed by atoms with Gasteiger partial charge in [0, 0.05) is 18.0 Å². The zero-order valence-electron chi connectivity index (χ0n) is 15.5. The highest BCUT2D eigenvalue weighted by Crippen LogP contribution is 2.24. The number of thioether (sulfide) groups is 1. The van der Waals surface area contributed by atoms with Crippen molar-refractivity contribution in [1.82, 2.24) is 9.80 Å². The van der Waals surface area contributed by atoms with E-state index in [4.69, 9.17) is 0 Å². The number of likely N-dealkylation sites (N-methyl/N-ethyl adjacent to an activating group) is 2. The maximum Gasteiger partial charge on any atom is 0.238 e. The number of anilines is 1. The first-order chi connectivity index (χ1) is 12.0. The minimum atomic E-state index is -0.0999. The van der Waals surface area contributed by atoms with Gasteiger partial charge in [-0.05, 0) is 38.3 Å². The second kappa shape index (κ2) is 9.82. The molecule has 1 saturated carbocycles. The van der Waals surface area contributed by atoms with Gasteiger partial charge in [-0.2, -0.15) is 0 Å². The predicted octanol–water partition coefficient (Wildman–Crippen LogP) is 3.07. The minimum Gasteiger partial charge on any atom is -0.342 e. The second-order valence-electron chi connectivity index (χ2n) is 6.72. The summed E-state index contributed by atoms with van der Waals surface area (Å²) in [5.41, 5.74) is 0.819. The first-order valence-corrected chi connectivity index (χ1v) is 10.1. The summed E-state index contributed by atoms with van der Waals surface area (Å²) in [5, 5.41) is 2.93. The topological polar surface area (TPSA) is 52.7 Å². The van der Waals surface area contributed by atoms with Crippen molar-refractivity contribution in [1.29, 1.82) is 0 Å². The molecule has 2 rings (SSSR count). The summed E-state index contributed by atoms with van der Waals surface area (Å²) in [5.74, 6) is -0.0103. The van der Waals surface area contributed by atoms with Crippen LogP contribution in [0.2, 0.25) is 0 Å². The van der Waals surface area contributed by atoms with E-state index >= 15 is 0 Å². The molecule has 0 atom stereocenters. The van der Waals surface area contributed by atoms with Crippen LogP contribution in [0.5, 0.6) is 0 Å². The third-order valence-electron chi connectivity index (χ3n) is 4.72. The summed E-state index contributed by atoms with van der Waals surface area (Å²) in [7, 11) is 3.70. The third-order valence-corrected chi connectivity index (χ3v) is 5.51. The number of hydrogen-bond donors (Lipinski definition) is 1. The molecule has 0 spiro atoms.